The van der Waals surface area contributed by atoms with Crippen molar-refractivity contribution in [3.05, 3.63) is 0 Å². The molecular formula is C11H22N4O2S. The largest absolute Gasteiger partial charge is 0.392 e. The number of rotatable bonds is 7. The van der Waals surface area contributed by atoms with E-state index in [-0.39, 0.29) is 11.5 Å². The fourth-order valence-corrected chi connectivity index (χ4v) is 1.44. The molecule has 0 aliphatic carbocycles. The topological polar surface area (TPSA) is 78.7 Å². The summed E-state index contributed by atoms with van der Waals surface area (Å²) in [5, 5.41) is 2.39. The molecule has 0 rings (SSSR count). The molecule has 0 fully saturated rings. The number of nitrogens with zero attached hydrogens (tertiary/aromatic N) is 2. The number of amides is 2. The zero-order chi connectivity index (χ0) is 14.1. The van der Waals surface area contributed by atoms with Crippen LogP contribution in [0.15, 0.2) is 0 Å². The van der Waals surface area contributed by atoms with Crippen LogP contribution < -0.4 is 11.1 Å². The van der Waals surface area contributed by atoms with Crippen molar-refractivity contribution in [1.29, 1.82) is 0 Å². The van der Waals surface area contributed by atoms with Gasteiger partial charge in [0.1, 0.15) is 0 Å². The molecule has 0 aromatic rings. The molecule has 104 valence electrons. The van der Waals surface area contributed by atoms with Crippen molar-refractivity contribution in [3.63, 3.8) is 0 Å². The first-order chi connectivity index (χ1) is 8.38. The molecule has 0 aromatic heterocycles. The van der Waals surface area contributed by atoms with Crippen LogP contribution in [0.1, 0.15) is 13.3 Å². The van der Waals surface area contributed by atoms with E-state index in [0.717, 1.165) is 13.0 Å². The molecule has 0 aromatic carbocycles. The molecule has 0 radical (unpaired) electrons. The van der Waals surface area contributed by atoms with E-state index < -0.39 is 11.8 Å². The number of carbonyl (C=O) groups is 2. The molecule has 0 aliphatic rings. The number of hydrogen-bond acceptors (Lipinski definition) is 4. The standard InChI is InChI=1S/C11H22N4O2S/c1-4-15(7-5-6-14(2)3)11(17)10(16)13-8-9(12)18/h4-8H2,1-3H3,(H2,12,18)(H,13,16). The molecule has 0 heterocycles. The molecule has 7 heteroatoms. The summed E-state index contributed by atoms with van der Waals surface area (Å²) in [6.07, 6.45) is 0.829. The van der Waals surface area contributed by atoms with Crippen LogP contribution in [0.25, 0.3) is 0 Å². The maximum Gasteiger partial charge on any atom is 0.311 e. The minimum atomic E-state index is -0.658. The average molecular weight is 274 g/mol. The molecule has 0 saturated heterocycles. The first-order valence-corrected chi connectivity index (χ1v) is 6.29. The number of thiocarbonyl (C=S) groups is 1. The van der Waals surface area contributed by atoms with E-state index in [1.807, 2.05) is 25.9 Å². The normalized spacial score (nSPS) is 10.2. The van der Waals surface area contributed by atoms with Crippen LogP contribution in [0.5, 0.6) is 0 Å². The predicted octanol–water partition coefficient (Wildman–Crippen LogP) is -0.811. The smallest absolute Gasteiger partial charge is 0.311 e. The zero-order valence-electron chi connectivity index (χ0n) is 11.2. The Balaban J connectivity index is 4.16. The Labute approximate surface area is 113 Å². The summed E-state index contributed by atoms with van der Waals surface area (Å²) in [6.45, 7) is 3.84. The van der Waals surface area contributed by atoms with E-state index in [9.17, 15) is 9.59 Å². The Morgan fingerprint density at radius 1 is 1.28 bits per heavy atom. The van der Waals surface area contributed by atoms with E-state index in [4.69, 9.17) is 5.73 Å². The third-order valence-electron chi connectivity index (χ3n) is 2.32. The van der Waals surface area contributed by atoms with Crippen molar-refractivity contribution in [3.8, 4) is 0 Å². The monoisotopic (exact) mass is 274 g/mol. The highest BCUT2D eigenvalue weighted by atomic mass is 32.1. The van der Waals surface area contributed by atoms with Crippen LogP contribution in [0.3, 0.4) is 0 Å². The first-order valence-electron chi connectivity index (χ1n) is 5.88. The summed E-state index contributed by atoms with van der Waals surface area (Å²) in [6, 6.07) is 0. The van der Waals surface area contributed by atoms with Crippen LogP contribution in [0, 0.1) is 0 Å². The van der Waals surface area contributed by atoms with Crippen molar-refractivity contribution in [2.24, 2.45) is 5.73 Å². The van der Waals surface area contributed by atoms with Crippen molar-refractivity contribution in [2.45, 2.75) is 13.3 Å². The fraction of sp³-hybridized carbons (Fsp3) is 0.727. The van der Waals surface area contributed by atoms with Gasteiger partial charge in [0.2, 0.25) is 0 Å². The molecule has 0 unspecified atom stereocenters. The maximum absolute atomic E-state index is 11.8. The second kappa shape index (κ2) is 8.82. The molecule has 0 spiro atoms. The SMILES string of the molecule is CCN(CCCN(C)C)C(=O)C(=O)NCC(N)=S. The van der Waals surface area contributed by atoms with Crippen LogP contribution >= 0.6 is 12.2 Å². The van der Waals surface area contributed by atoms with Gasteiger partial charge in [0, 0.05) is 13.1 Å². The van der Waals surface area contributed by atoms with Crippen LogP contribution in [-0.4, -0.2) is 66.9 Å². The van der Waals surface area contributed by atoms with Crippen molar-refractivity contribution in [1.82, 2.24) is 15.1 Å². The highest BCUT2D eigenvalue weighted by Crippen LogP contribution is 1.94. The van der Waals surface area contributed by atoms with Crippen molar-refractivity contribution < 1.29 is 9.59 Å². The predicted molar refractivity (Wildman–Crippen MR) is 75.2 cm³/mol. The summed E-state index contributed by atoms with van der Waals surface area (Å²) >= 11 is 4.63. The zero-order valence-corrected chi connectivity index (χ0v) is 12.0. The van der Waals surface area contributed by atoms with E-state index in [1.165, 1.54) is 4.90 Å². The Bertz CT molecular complexity index is 307. The Hall–Kier alpha value is -1.21. The number of nitrogens with two attached hydrogens (primary N) is 1. The van der Waals surface area contributed by atoms with Gasteiger partial charge in [-0.05, 0) is 34.0 Å². The van der Waals surface area contributed by atoms with E-state index in [1.54, 1.807) is 0 Å². The fourth-order valence-electron chi connectivity index (χ4n) is 1.37. The minimum absolute atomic E-state index is 0.0508. The van der Waals surface area contributed by atoms with Gasteiger partial charge in [-0.2, -0.15) is 0 Å². The molecule has 3 N–H and O–H groups in total. The summed E-state index contributed by atoms with van der Waals surface area (Å²) in [5.74, 6) is -1.19. The van der Waals surface area contributed by atoms with Crippen molar-refractivity contribution in [2.75, 3.05) is 40.3 Å². The number of carbonyl (C=O) groups excluding carboxylic acids is 2. The van der Waals surface area contributed by atoms with E-state index >= 15 is 0 Å². The van der Waals surface area contributed by atoms with E-state index in [2.05, 4.69) is 17.5 Å². The average Bonchev–Trinajstić information content (AvgIpc) is 2.30. The van der Waals surface area contributed by atoms with Gasteiger partial charge in [0.05, 0.1) is 11.5 Å². The molecular weight excluding hydrogens is 252 g/mol. The second-order valence-electron chi connectivity index (χ2n) is 4.19. The van der Waals surface area contributed by atoms with Gasteiger partial charge in [-0.25, -0.2) is 0 Å². The van der Waals surface area contributed by atoms with Gasteiger partial charge in [0.15, 0.2) is 0 Å². The third kappa shape index (κ3) is 7.18. The Morgan fingerprint density at radius 3 is 2.33 bits per heavy atom. The lowest BCUT2D eigenvalue weighted by Crippen LogP contribution is -2.45. The second-order valence-corrected chi connectivity index (χ2v) is 4.72. The van der Waals surface area contributed by atoms with Gasteiger partial charge in [-0.15, -0.1) is 0 Å². The molecule has 2 amide bonds. The van der Waals surface area contributed by atoms with Gasteiger partial charge >= 0.3 is 11.8 Å². The highest BCUT2D eigenvalue weighted by molar-refractivity contribution is 7.80. The molecule has 0 saturated carbocycles. The molecule has 0 aliphatic heterocycles. The maximum atomic E-state index is 11.8. The summed E-state index contributed by atoms with van der Waals surface area (Å²) < 4.78 is 0. The quantitative estimate of drug-likeness (QED) is 0.469. The van der Waals surface area contributed by atoms with Gasteiger partial charge in [0.25, 0.3) is 0 Å². The molecule has 0 bridgehead atoms. The van der Waals surface area contributed by atoms with Crippen molar-refractivity contribution >= 4 is 29.0 Å². The summed E-state index contributed by atoms with van der Waals surface area (Å²) in [7, 11) is 3.93. The molecule has 0 atom stereocenters. The lowest BCUT2D eigenvalue weighted by atomic mass is 10.3. The Kier molecular flexibility index (Phi) is 8.23. The van der Waals surface area contributed by atoms with Crippen LogP contribution in [0.2, 0.25) is 0 Å². The lowest BCUT2D eigenvalue weighted by molar-refractivity contribution is -0.145. The number of likely N-dealkylation sites (N-methyl/N-ethyl adjacent to an activating group) is 1. The first kappa shape index (κ1) is 16.8. The van der Waals surface area contributed by atoms with Gasteiger partial charge in [-0.3, -0.25) is 9.59 Å². The molecule has 18 heavy (non-hydrogen) atoms. The van der Waals surface area contributed by atoms with Crippen LogP contribution in [0.4, 0.5) is 0 Å². The summed E-state index contributed by atoms with van der Waals surface area (Å²) in [5.41, 5.74) is 5.25. The Morgan fingerprint density at radius 2 is 1.89 bits per heavy atom. The number of nitrogens with one attached hydrogen (secondary N) is 1. The van der Waals surface area contributed by atoms with Gasteiger partial charge < -0.3 is 20.9 Å². The summed E-state index contributed by atoms with van der Waals surface area (Å²) in [4.78, 5) is 27.0. The van der Waals surface area contributed by atoms with E-state index in [0.29, 0.717) is 13.1 Å². The highest BCUT2D eigenvalue weighted by Gasteiger charge is 2.19. The van der Waals surface area contributed by atoms with Crippen LogP contribution in [-0.2, 0) is 9.59 Å². The molecule has 6 nitrogen and oxygen atoms in total. The number of hydrogen-bond donors (Lipinski definition) is 2. The van der Waals surface area contributed by atoms with Gasteiger partial charge in [-0.1, -0.05) is 12.2 Å². The minimum Gasteiger partial charge on any atom is -0.392 e. The third-order valence-corrected chi connectivity index (χ3v) is 2.46. The lowest BCUT2D eigenvalue weighted by Gasteiger charge is -2.21.